The molecule has 0 saturated heterocycles. The number of benzene rings is 2. The topological polar surface area (TPSA) is 30.5 Å². The third-order valence-corrected chi connectivity index (χ3v) is 4.05. The Morgan fingerprint density at radius 3 is 1.65 bits per heavy atom. The number of nitrogens with zero attached hydrogens (tertiary/aromatic N) is 2. The molecule has 4 nitrogen and oxygen atoms in total. The molecule has 4 rings (SSSR count). The standard InChI is InChI=1S/C16H18N4/c1-3-7-15-13(5-1)17-11-19(15)9-10-20-12-18-14-6-2-4-8-16(14)20/h1-8,17-18H,9-12H2. The van der Waals surface area contributed by atoms with E-state index in [4.69, 9.17) is 0 Å². The fraction of sp³-hybridized carbons (Fsp3) is 0.250. The average Bonchev–Trinajstić information content (AvgIpc) is 3.09. The molecule has 0 aliphatic carbocycles. The lowest BCUT2D eigenvalue weighted by atomic mass is 10.2. The van der Waals surface area contributed by atoms with Crippen LogP contribution in [0.15, 0.2) is 48.5 Å². The summed E-state index contributed by atoms with van der Waals surface area (Å²) in [5.41, 5.74) is 5.11. The summed E-state index contributed by atoms with van der Waals surface area (Å²) in [5, 5.41) is 6.87. The molecule has 102 valence electrons. The Morgan fingerprint density at radius 1 is 0.700 bits per heavy atom. The minimum absolute atomic E-state index is 0.905. The van der Waals surface area contributed by atoms with E-state index in [2.05, 4.69) is 69.0 Å². The van der Waals surface area contributed by atoms with Gasteiger partial charge in [-0.15, -0.1) is 0 Å². The maximum atomic E-state index is 3.44. The Bertz CT molecular complexity index is 570. The van der Waals surface area contributed by atoms with Crippen molar-refractivity contribution in [1.82, 2.24) is 0 Å². The largest absolute Gasteiger partial charge is 0.366 e. The van der Waals surface area contributed by atoms with Crippen LogP contribution in [0.1, 0.15) is 0 Å². The molecule has 2 aromatic rings. The van der Waals surface area contributed by atoms with E-state index in [1.807, 2.05) is 0 Å². The predicted molar refractivity (Wildman–Crippen MR) is 84.6 cm³/mol. The zero-order chi connectivity index (χ0) is 13.4. The lowest BCUT2D eigenvalue weighted by molar-refractivity contribution is 0.789. The molecule has 0 atom stereocenters. The minimum atomic E-state index is 0.905. The van der Waals surface area contributed by atoms with Gasteiger partial charge in [-0.05, 0) is 24.3 Å². The van der Waals surface area contributed by atoms with E-state index in [0.29, 0.717) is 0 Å². The summed E-state index contributed by atoms with van der Waals surface area (Å²) in [6.07, 6.45) is 0. The van der Waals surface area contributed by atoms with Crippen molar-refractivity contribution in [1.29, 1.82) is 0 Å². The molecule has 0 fully saturated rings. The quantitative estimate of drug-likeness (QED) is 0.894. The van der Waals surface area contributed by atoms with Crippen molar-refractivity contribution in [3.8, 4) is 0 Å². The second-order valence-electron chi connectivity index (χ2n) is 5.23. The summed E-state index contributed by atoms with van der Waals surface area (Å²) in [4.78, 5) is 4.80. The fourth-order valence-corrected chi connectivity index (χ4v) is 2.97. The number of hydrogen-bond donors (Lipinski definition) is 2. The Morgan fingerprint density at radius 2 is 1.15 bits per heavy atom. The van der Waals surface area contributed by atoms with Crippen LogP contribution >= 0.6 is 0 Å². The second-order valence-corrected chi connectivity index (χ2v) is 5.23. The maximum Gasteiger partial charge on any atom is 0.0878 e. The first-order chi connectivity index (χ1) is 9.92. The molecule has 0 bridgehead atoms. The molecule has 20 heavy (non-hydrogen) atoms. The van der Waals surface area contributed by atoms with Gasteiger partial charge >= 0.3 is 0 Å². The van der Waals surface area contributed by atoms with E-state index < -0.39 is 0 Å². The van der Waals surface area contributed by atoms with Crippen molar-refractivity contribution in [2.24, 2.45) is 0 Å². The molecular formula is C16H18N4. The maximum absolute atomic E-state index is 3.44. The SMILES string of the molecule is c1ccc2c(c1)NCN2CCN1CNc2ccccc21. The highest BCUT2D eigenvalue weighted by Gasteiger charge is 2.21. The van der Waals surface area contributed by atoms with Crippen LogP contribution in [0.2, 0.25) is 0 Å². The molecule has 0 radical (unpaired) electrons. The highest BCUT2D eigenvalue weighted by atomic mass is 15.3. The van der Waals surface area contributed by atoms with Gasteiger partial charge in [-0.2, -0.15) is 0 Å². The van der Waals surface area contributed by atoms with Crippen molar-refractivity contribution in [2.75, 3.05) is 46.9 Å². The van der Waals surface area contributed by atoms with E-state index in [1.165, 1.54) is 22.7 Å². The molecule has 2 N–H and O–H groups in total. The second kappa shape index (κ2) is 4.63. The summed E-state index contributed by atoms with van der Waals surface area (Å²) in [5.74, 6) is 0. The first-order valence-corrected chi connectivity index (χ1v) is 7.07. The summed E-state index contributed by atoms with van der Waals surface area (Å²) in [6, 6.07) is 17.0. The molecule has 0 spiro atoms. The molecule has 0 amide bonds. The lowest BCUT2D eigenvalue weighted by Gasteiger charge is -2.23. The summed E-state index contributed by atoms with van der Waals surface area (Å²) < 4.78 is 0. The van der Waals surface area contributed by atoms with Crippen LogP contribution < -0.4 is 20.4 Å². The van der Waals surface area contributed by atoms with E-state index in [0.717, 1.165) is 26.4 Å². The van der Waals surface area contributed by atoms with E-state index in [9.17, 15) is 0 Å². The Kier molecular flexibility index (Phi) is 2.66. The van der Waals surface area contributed by atoms with Crippen molar-refractivity contribution in [3.05, 3.63) is 48.5 Å². The van der Waals surface area contributed by atoms with Crippen molar-refractivity contribution < 1.29 is 0 Å². The van der Waals surface area contributed by atoms with Gasteiger partial charge in [0.05, 0.1) is 36.1 Å². The van der Waals surface area contributed by atoms with Gasteiger partial charge in [0.2, 0.25) is 0 Å². The Balaban J connectivity index is 1.45. The van der Waals surface area contributed by atoms with Gasteiger partial charge in [0.15, 0.2) is 0 Å². The van der Waals surface area contributed by atoms with Crippen LogP contribution in [0.25, 0.3) is 0 Å². The molecule has 2 aliphatic rings. The van der Waals surface area contributed by atoms with Crippen molar-refractivity contribution in [3.63, 3.8) is 0 Å². The zero-order valence-corrected chi connectivity index (χ0v) is 11.3. The fourth-order valence-electron chi connectivity index (χ4n) is 2.97. The molecular weight excluding hydrogens is 248 g/mol. The highest BCUT2D eigenvalue weighted by Crippen LogP contribution is 2.32. The van der Waals surface area contributed by atoms with Crippen LogP contribution in [-0.4, -0.2) is 26.4 Å². The zero-order valence-electron chi connectivity index (χ0n) is 11.3. The molecule has 0 saturated carbocycles. The Hall–Kier alpha value is -2.36. The monoisotopic (exact) mass is 266 g/mol. The number of hydrogen-bond acceptors (Lipinski definition) is 4. The molecule has 0 aromatic heterocycles. The van der Waals surface area contributed by atoms with E-state index >= 15 is 0 Å². The van der Waals surface area contributed by atoms with Gasteiger partial charge in [-0.1, -0.05) is 24.3 Å². The summed E-state index contributed by atoms with van der Waals surface area (Å²) >= 11 is 0. The van der Waals surface area contributed by atoms with Gasteiger partial charge < -0.3 is 20.4 Å². The highest BCUT2D eigenvalue weighted by molar-refractivity contribution is 5.76. The molecule has 2 aromatic carbocycles. The molecule has 2 aliphatic heterocycles. The average molecular weight is 266 g/mol. The number of para-hydroxylation sites is 4. The van der Waals surface area contributed by atoms with Crippen LogP contribution in [0.5, 0.6) is 0 Å². The van der Waals surface area contributed by atoms with Crippen LogP contribution in [-0.2, 0) is 0 Å². The summed E-state index contributed by atoms with van der Waals surface area (Å²) in [7, 11) is 0. The predicted octanol–water partition coefficient (Wildman–Crippen LogP) is 2.77. The van der Waals surface area contributed by atoms with Crippen molar-refractivity contribution >= 4 is 22.7 Å². The number of anilines is 4. The first-order valence-electron chi connectivity index (χ1n) is 7.07. The molecule has 0 unspecified atom stereocenters. The van der Waals surface area contributed by atoms with Gasteiger partial charge in [-0.25, -0.2) is 0 Å². The van der Waals surface area contributed by atoms with Crippen LogP contribution in [0, 0.1) is 0 Å². The number of rotatable bonds is 3. The number of nitrogens with one attached hydrogen (secondary N) is 2. The third-order valence-electron chi connectivity index (χ3n) is 4.05. The van der Waals surface area contributed by atoms with Crippen LogP contribution in [0.3, 0.4) is 0 Å². The normalized spacial score (nSPS) is 15.6. The van der Waals surface area contributed by atoms with Crippen LogP contribution in [0.4, 0.5) is 22.7 Å². The molecule has 4 heteroatoms. The summed E-state index contributed by atoms with van der Waals surface area (Å²) in [6.45, 7) is 3.87. The van der Waals surface area contributed by atoms with Crippen molar-refractivity contribution in [2.45, 2.75) is 0 Å². The van der Waals surface area contributed by atoms with Gasteiger partial charge in [0.1, 0.15) is 0 Å². The van der Waals surface area contributed by atoms with Gasteiger partial charge in [0.25, 0.3) is 0 Å². The van der Waals surface area contributed by atoms with Gasteiger partial charge in [0, 0.05) is 13.1 Å². The van der Waals surface area contributed by atoms with E-state index in [1.54, 1.807) is 0 Å². The number of fused-ring (bicyclic) bond motifs is 2. The lowest BCUT2D eigenvalue weighted by Crippen LogP contribution is -2.35. The molecule has 2 heterocycles. The minimum Gasteiger partial charge on any atom is -0.366 e. The van der Waals surface area contributed by atoms with Gasteiger partial charge in [-0.3, -0.25) is 0 Å². The smallest absolute Gasteiger partial charge is 0.0878 e. The first kappa shape index (κ1) is 11.5. The Labute approximate surface area is 119 Å². The van der Waals surface area contributed by atoms with E-state index in [-0.39, 0.29) is 0 Å². The third kappa shape index (κ3) is 1.84.